The number of para-hydroxylation sites is 2. The lowest BCUT2D eigenvalue weighted by Gasteiger charge is -2.11. The summed E-state index contributed by atoms with van der Waals surface area (Å²) in [7, 11) is 0. The summed E-state index contributed by atoms with van der Waals surface area (Å²) < 4.78 is 4.82. The van der Waals surface area contributed by atoms with E-state index in [-0.39, 0.29) is 0 Å². The van der Waals surface area contributed by atoms with Gasteiger partial charge in [0.2, 0.25) is 0 Å². The van der Waals surface area contributed by atoms with Gasteiger partial charge < -0.3 is 9.13 Å². The Bertz CT molecular complexity index is 3180. The van der Waals surface area contributed by atoms with Gasteiger partial charge in [-0.05, 0) is 111 Å². The molecule has 242 valence electrons. The number of fused-ring (bicyclic) bond motifs is 8. The molecule has 0 saturated carbocycles. The molecule has 0 atom stereocenters. The summed E-state index contributed by atoms with van der Waals surface area (Å²) >= 11 is 0. The molecule has 0 aliphatic carbocycles. The molecule has 2 aromatic heterocycles. The lowest BCUT2D eigenvalue weighted by atomic mass is 10.0. The van der Waals surface area contributed by atoms with E-state index in [1.165, 1.54) is 98.8 Å². The van der Waals surface area contributed by atoms with Crippen LogP contribution in [0.5, 0.6) is 0 Å². The predicted molar refractivity (Wildman–Crippen MR) is 221 cm³/mol. The second-order valence-electron chi connectivity index (χ2n) is 13.8. The highest BCUT2D eigenvalue weighted by molar-refractivity contribution is 6.13. The average Bonchev–Trinajstić information content (AvgIpc) is 3.73. The molecule has 2 heteroatoms. The van der Waals surface area contributed by atoms with Gasteiger partial charge in [0.15, 0.2) is 0 Å². The molecule has 0 amide bonds. The fourth-order valence-corrected chi connectivity index (χ4v) is 8.36. The van der Waals surface area contributed by atoms with Crippen molar-refractivity contribution in [1.29, 1.82) is 0 Å². The summed E-state index contributed by atoms with van der Waals surface area (Å²) in [5, 5.41) is 10.0. The lowest BCUT2D eigenvalue weighted by Crippen LogP contribution is -1.94. The summed E-state index contributed by atoms with van der Waals surface area (Å²) in [6.07, 6.45) is 0. The van der Waals surface area contributed by atoms with E-state index in [1.807, 2.05) is 0 Å². The minimum absolute atomic E-state index is 1.17. The first-order valence-electron chi connectivity index (χ1n) is 17.9. The van der Waals surface area contributed by atoms with Crippen molar-refractivity contribution in [3.63, 3.8) is 0 Å². The summed E-state index contributed by atoms with van der Waals surface area (Å²) in [4.78, 5) is 0. The van der Waals surface area contributed by atoms with Gasteiger partial charge in [0.1, 0.15) is 0 Å². The van der Waals surface area contributed by atoms with Crippen molar-refractivity contribution in [3.05, 3.63) is 194 Å². The van der Waals surface area contributed by atoms with Crippen molar-refractivity contribution in [2.24, 2.45) is 0 Å². The molecular weight excluding hydrogens is 629 g/mol. The topological polar surface area (TPSA) is 9.86 Å². The minimum atomic E-state index is 1.17. The van der Waals surface area contributed by atoms with Crippen LogP contribution in [0.25, 0.3) is 98.8 Å². The quantitative estimate of drug-likeness (QED) is 0.178. The molecule has 11 aromatic rings. The Morgan fingerprint density at radius 2 is 0.654 bits per heavy atom. The van der Waals surface area contributed by atoms with Crippen molar-refractivity contribution in [3.8, 4) is 33.6 Å². The number of aromatic nitrogens is 2. The normalized spacial score (nSPS) is 11.8. The van der Waals surface area contributed by atoms with Crippen LogP contribution in [-0.4, -0.2) is 9.13 Å². The third-order valence-corrected chi connectivity index (χ3v) is 10.9. The van der Waals surface area contributed by atoms with Gasteiger partial charge in [-0.15, -0.1) is 0 Å². The second kappa shape index (κ2) is 11.3. The number of rotatable bonds is 4. The molecule has 0 radical (unpaired) electrons. The molecule has 0 unspecified atom stereocenters. The zero-order valence-electron chi connectivity index (χ0n) is 28.4. The Hall–Kier alpha value is -6.90. The summed E-state index contributed by atoms with van der Waals surface area (Å²) in [6, 6.07) is 71.1. The van der Waals surface area contributed by atoms with E-state index in [2.05, 4.69) is 203 Å². The van der Waals surface area contributed by atoms with Crippen LogP contribution in [-0.2, 0) is 0 Å². The summed E-state index contributed by atoms with van der Waals surface area (Å²) in [5.74, 6) is 0. The average molecular weight is 661 g/mol. The molecule has 0 aliphatic rings. The number of nitrogens with zero attached hydrogens (tertiary/aromatic N) is 2. The monoisotopic (exact) mass is 660 g/mol. The first-order chi connectivity index (χ1) is 25.8. The molecule has 0 bridgehead atoms. The molecule has 0 spiro atoms. The largest absolute Gasteiger partial charge is 0.309 e. The van der Waals surface area contributed by atoms with Crippen LogP contribution in [0.4, 0.5) is 0 Å². The van der Waals surface area contributed by atoms with Crippen molar-refractivity contribution in [1.82, 2.24) is 9.13 Å². The zero-order chi connectivity index (χ0) is 34.2. The molecule has 52 heavy (non-hydrogen) atoms. The number of hydrogen-bond donors (Lipinski definition) is 0. The molecule has 0 fully saturated rings. The van der Waals surface area contributed by atoms with E-state index in [9.17, 15) is 0 Å². The third kappa shape index (κ3) is 4.44. The van der Waals surface area contributed by atoms with E-state index < -0.39 is 0 Å². The fourth-order valence-electron chi connectivity index (χ4n) is 8.36. The third-order valence-electron chi connectivity index (χ3n) is 10.9. The van der Waals surface area contributed by atoms with Crippen molar-refractivity contribution in [2.75, 3.05) is 0 Å². The molecule has 2 nitrogen and oxygen atoms in total. The number of benzene rings is 9. The van der Waals surface area contributed by atoms with Crippen molar-refractivity contribution in [2.45, 2.75) is 0 Å². The van der Waals surface area contributed by atoms with Crippen LogP contribution >= 0.6 is 0 Å². The first-order valence-corrected chi connectivity index (χ1v) is 17.9. The van der Waals surface area contributed by atoms with Gasteiger partial charge in [0.25, 0.3) is 0 Å². The second-order valence-corrected chi connectivity index (χ2v) is 13.8. The maximum absolute atomic E-state index is 2.42. The Kier molecular flexibility index (Phi) is 6.28. The van der Waals surface area contributed by atoms with Gasteiger partial charge in [0, 0.05) is 32.9 Å². The Labute approximate surface area is 301 Å². The molecule has 0 saturated heterocycles. The SMILES string of the molecule is c1ccc(-c2ccc3cc(-n4c5ccccc5c5cc(-c6ccc7c(c6)c6ccccc6n7-c6ccc7ccccc7c6)ccc54)ccc3c2)cc1. The number of hydrogen-bond acceptors (Lipinski definition) is 0. The highest BCUT2D eigenvalue weighted by atomic mass is 15.0. The van der Waals surface area contributed by atoms with Gasteiger partial charge in [-0.3, -0.25) is 0 Å². The highest BCUT2D eigenvalue weighted by Gasteiger charge is 2.16. The molecule has 0 N–H and O–H groups in total. The van der Waals surface area contributed by atoms with E-state index in [4.69, 9.17) is 0 Å². The van der Waals surface area contributed by atoms with Gasteiger partial charge in [-0.1, -0.05) is 127 Å². The van der Waals surface area contributed by atoms with Crippen molar-refractivity contribution < 1.29 is 0 Å². The van der Waals surface area contributed by atoms with Crippen molar-refractivity contribution >= 4 is 65.2 Å². The van der Waals surface area contributed by atoms with Gasteiger partial charge in [0.05, 0.1) is 22.1 Å². The smallest absolute Gasteiger partial charge is 0.0541 e. The standard InChI is InChI=1S/C50H32N2/c1-2-10-33(11-3-1)36-18-19-38-30-42(25-21-37(38)28-36)52-48-17-9-7-15-44(48)46-32-40(23-27-50(46)52)39-22-26-49-45(31-39)43-14-6-8-16-47(43)51(49)41-24-20-34-12-4-5-13-35(34)29-41/h1-32H. The maximum atomic E-state index is 2.42. The van der Waals surface area contributed by atoms with Crippen LogP contribution in [0.2, 0.25) is 0 Å². The van der Waals surface area contributed by atoms with E-state index in [1.54, 1.807) is 0 Å². The van der Waals surface area contributed by atoms with Crippen LogP contribution in [0, 0.1) is 0 Å². The van der Waals surface area contributed by atoms with E-state index in [0.717, 1.165) is 0 Å². The van der Waals surface area contributed by atoms with Gasteiger partial charge in [-0.2, -0.15) is 0 Å². The molecular formula is C50H32N2. The summed E-state index contributed by atoms with van der Waals surface area (Å²) in [6.45, 7) is 0. The van der Waals surface area contributed by atoms with Gasteiger partial charge in [-0.25, -0.2) is 0 Å². The van der Waals surface area contributed by atoms with Crippen LogP contribution in [0.3, 0.4) is 0 Å². The summed E-state index contributed by atoms with van der Waals surface area (Å²) in [5.41, 5.74) is 12.1. The molecule has 0 aliphatic heterocycles. The molecule has 2 heterocycles. The Morgan fingerprint density at radius 1 is 0.231 bits per heavy atom. The fraction of sp³-hybridized carbons (Fsp3) is 0. The van der Waals surface area contributed by atoms with E-state index >= 15 is 0 Å². The lowest BCUT2D eigenvalue weighted by molar-refractivity contribution is 1.18. The Morgan fingerprint density at radius 3 is 1.29 bits per heavy atom. The van der Waals surface area contributed by atoms with Crippen LogP contribution < -0.4 is 0 Å². The minimum Gasteiger partial charge on any atom is -0.309 e. The van der Waals surface area contributed by atoms with Crippen LogP contribution in [0.1, 0.15) is 0 Å². The highest BCUT2D eigenvalue weighted by Crippen LogP contribution is 2.39. The first kappa shape index (κ1) is 28.9. The molecule has 9 aromatic carbocycles. The maximum Gasteiger partial charge on any atom is 0.0541 e. The van der Waals surface area contributed by atoms with Gasteiger partial charge >= 0.3 is 0 Å². The predicted octanol–water partition coefficient (Wildman–Crippen LogP) is 13.5. The van der Waals surface area contributed by atoms with Crippen LogP contribution in [0.15, 0.2) is 194 Å². The zero-order valence-corrected chi connectivity index (χ0v) is 28.4. The van der Waals surface area contributed by atoms with E-state index in [0.29, 0.717) is 0 Å². The molecule has 11 rings (SSSR count). The Balaban J connectivity index is 1.05.